The fraction of sp³-hybridized carbons (Fsp3) is 0.500. The van der Waals surface area contributed by atoms with Crippen LogP contribution in [0.5, 0.6) is 0 Å². The van der Waals surface area contributed by atoms with Gasteiger partial charge in [-0.25, -0.2) is 4.98 Å². The zero-order valence-electron chi connectivity index (χ0n) is 16.3. The highest BCUT2D eigenvalue weighted by molar-refractivity contribution is 6.00. The van der Waals surface area contributed by atoms with Crippen LogP contribution in [0.25, 0.3) is 0 Å². The summed E-state index contributed by atoms with van der Waals surface area (Å²) in [5.74, 6) is 0.406. The lowest BCUT2D eigenvalue weighted by molar-refractivity contribution is 0.0989. The summed E-state index contributed by atoms with van der Waals surface area (Å²) in [4.78, 5) is 24.3. The molecule has 0 radical (unpaired) electrons. The molecule has 2 aromatic rings. The lowest BCUT2D eigenvalue weighted by atomic mass is 10.00. The fourth-order valence-corrected chi connectivity index (χ4v) is 4.51. The molecule has 148 valence electrons. The number of ketones is 1. The molecule has 6 heteroatoms. The van der Waals surface area contributed by atoms with Gasteiger partial charge in [0.1, 0.15) is 5.69 Å². The molecule has 2 aliphatic rings. The second-order valence-electron chi connectivity index (χ2n) is 8.11. The highest BCUT2D eigenvalue weighted by Gasteiger charge is 2.23. The molecule has 0 aromatic carbocycles. The molecular formula is C22H29N5O. The predicted octanol–water partition coefficient (Wildman–Crippen LogP) is 3.07. The van der Waals surface area contributed by atoms with Crippen molar-refractivity contribution in [1.82, 2.24) is 9.97 Å². The molecule has 4 rings (SSSR count). The number of hydrogen-bond acceptors (Lipinski definition) is 6. The molecule has 28 heavy (non-hydrogen) atoms. The summed E-state index contributed by atoms with van der Waals surface area (Å²) in [6.45, 7) is 1.76. The van der Waals surface area contributed by atoms with Gasteiger partial charge in [-0.05, 0) is 43.9 Å². The van der Waals surface area contributed by atoms with E-state index in [-0.39, 0.29) is 18.2 Å². The SMILES string of the molecule is Nc1ccc(C2CCCC2)nc1C(=O)Cc1cnccc1N1CCC[C@H](N)C1. The van der Waals surface area contributed by atoms with Gasteiger partial charge in [0.05, 0.1) is 5.69 Å². The first-order valence-electron chi connectivity index (χ1n) is 10.3. The molecule has 0 amide bonds. The van der Waals surface area contributed by atoms with Crippen LogP contribution in [0.1, 0.15) is 66.2 Å². The first kappa shape index (κ1) is 18.9. The lowest BCUT2D eigenvalue weighted by Gasteiger charge is -2.33. The van der Waals surface area contributed by atoms with Gasteiger partial charge in [0.25, 0.3) is 0 Å². The van der Waals surface area contributed by atoms with E-state index in [1.54, 1.807) is 12.4 Å². The molecule has 1 saturated carbocycles. The Bertz CT molecular complexity index is 847. The number of Topliss-reactive ketones (excluding diaryl/α,β-unsaturated/α-hetero) is 1. The zero-order valence-corrected chi connectivity index (χ0v) is 16.3. The third-order valence-electron chi connectivity index (χ3n) is 6.01. The average Bonchev–Trinajstić information content (AvgIpc) is 3.23. The molecule has 1 atom stereocenters. The van der Waals surface area contributed by atoms with E-state index in [2.05, 4.69) is 14.9 Å². The number of nitrogens with two attached hydrogens (primary N) is 2. The van der Waals surface area contributed by atoms with Crippen LogP contribution in [0.4, 0.5) is 11.4 Å². The van der Waals surface area contributed by atoms with E-state index in [1.165, 1.54) is 12.8 Å². The summed E-state index contributed by atoms with van der Waals surface area (Å²) in [5, 5.41) is 0. The summed E-state index contributed by atoms with van der Waals surface area (Å²) < 4.78 is 0. The normalized spacial score (nSPS) is 20.5. The van der Waals surface area contributed by atoms with Crippen LogP contribution in [-0.2, 0) is 6.42 Å². The fourth-order valence-electron chi connectivity index (χ4n) is 4.51. The van der Waals surface area contributed by atoms with Gasteiger partial charge < -0.3 is 16.4 Å². The topological polar surface area (TPSA) is 98.1 Å². The van der Waals surface area contributed by atoms with Crippen molar-refractivity contribution in [1.29, 1.82) is 0 Å². The van der Waals surface area contributed by atoms with E-state index in [0.29, 0.717) is 17.3 Å². The van der Waals surface area contributed by atoms with Crippen molar-refractivity contribution >= 4 is 17.2 Å². The Balaban J connectivity index is 1.56. The molecule has 3 heterocycles. The monoisotopic (exact) mass is 379 g/mol. The minimum Gasteiger partial charge on any atom is -0.397 e. The van der Waals surface area contributed by atoms with Crippen LogP contribution in [0.2, 0.25) is 0 Å². The lowest BCUT2D eigenvalue weighted by Crippen LogP contribution is -2.43. The third kappa shape index (κ3) is 4.02. The van der Waals surface area contributed by atoms with E-state index >= 15 is 0 Å². The molecule has 1 aliphatic carbocycles. The maximum atomic E-state index is 13.1. The molecule has 2 aromatic heterocycles. The van der Waals surface area contributed by atoms with Crippen molar-refractivity contribution in [2.75, 3.05) is 23.7 Å². The van der Waals surface area contributed by atoms with Crippen molar-refractivity contribution < 1.29 is 4.79 Å². The van der Waals surface area contributed by atoms with Gasteiger partial charge in [-0.2, -0.15) is 0 Å². The van der Waals surface area contributed by atoms with Crippen molar-refractivity contribution in [2.45, 2.75) is 56.9 Å². The van der Waals surface area contributed by atoms with Crippen LogP contribution in [0, 0.1) is 0 Å². The largest absolute Gasteiger partial charge is 0.397 e. The molecule has 0 unspecified atom stereocenters. The Morgan fingerprint density at radius 3 is 2.75 bits per heavy atom. The van der Waals surface area contributed by atoms with E-state index in [0.717, 1.165) is 55.7 Å². The number of nitrogens with zero attached hydrogens (tertiary/aromatic N) is 3. The Morgan fingerprint density at radius 1 is 1.14 bits per heavy atom. The van der Waals surface area contributed by atoms with Crippen molar-refractivity contribution in [3.8, 4) is 0 Å². The molecule has 0 spiro atoms. The second kappa shape index (κ2) is 8.27. The van der Waals surface area contributed by atoms with Gasteiger partial charge >= 0.3 is 0 Å². The van der Waals surface area contributed by atoms with Gasteiger partial charge in [0, 0.05) is 60.8 Å². The van der Waals surface area contributed by atoms with Crippen molar-refractivity contribution in [2.24, 2.45) is 5.73 Å². The summed E-state index contributed by atoms with van der Waals surface area (Å²) >= 11 is 0. The highest BCUT2D eigenvalue weighted by Crippen LogP contribution is 2.34. The number of rotatable bonds is 5. The molecule has 0 bridgehead atoms. The number of aromatic nitrogens is 2. The van der Waals surface area contributed by atoms with Crippen LogP contribution < -0.4 is 16.4 Å². The first-order valence-corrected chi connectivity index (χ1v) is 10.3. The number of carbonyl (C=O) groups excluding carboxylic acids is 1. The smallest absolute Gasteiger partial charge is 0.187 e. The second-order valence-corrected chi connectivity index (χ2v) is 8.11. The molecule has 1 aliphatic heterocycles. The molecule has 2 fully saturated rings. The minimum absolute atomic E-state index is 0.0482. The maximum absolute atomic E-state index is 13.1. The van der Waals surface area contributed by atoms with Gasteiger partial charge in [0.2, 0.25) is 0 Å². The zero-order chi connectivity index (χ0) is 19.5. The molecule has 1 saturated heterocycles. The molecule has 4 N–H and O–H groups in total. The van der Waals surface area contributed by atoms with E-state index in [1.807, 2.05) is 18.2 Å². The van der Waals surface area contributed by atoms with E-state index in [4.69, 9.17) is 11.5 Å². The number of nitrogen functional groups attached to an aromatic ring is 1. The molecular weight excluding hydrogens is 350 g/mol. The van der Waals surface area contributed by atoms with Crippen LogP contribution in [0.3, 0.4) is 0 Å². The van der Waals surface area contributed by atoms with Crippen molar-refractivity contribution in [3.63, 3.8) is 0 Å². The quantitative estimate of drug-likeness (QED) is 0.775. The van der Waals surface area contributed by atoms with E-state index < -0.39 is 0 Å². The standard InChI is InChI=1S/C22H29N5O/c23-17-6-3-11-27(14-17)20-9-10-25-13-16(20)12-21(28)22-18(24)7-8-19(26-22)15-4-1-2-5-15/h7-10,13,15,17H,1-6,11-12,14,23-24H2/t17-/m0/s1. The summed E-state index contributed by atoms with van der Waals surface area (Å²) in [7, 11) is 0. The van der Waals surface area contributed by atoms with E-state index in [9.17, 15) is 4.79 Å². The Kier molecular flexibility index (Phi) is 5.57. The number of carbonyl (C=O) groups is 1. The number of piperidine rings is 1. The van der Waals surface area contributed by atoms with Crippen LogP contribution >= 0.6 is 0 Å². The summed E-state index contributed by atoms with van der Waals surface area (Å²) in [5.41, 5.74) is 16.1. The third-order valence-corrected chi connectivity index (χ3v) is 6.01. The van der Waals surface area contributed by atoms with Crippen LogP contribution in [-0.4, -0.2) is 34.9 Å². The van der Waals surface area contributed by atoms with Crippen molar-refractivity contribution in [3.05, 3.63) is 47.5 Å². The number of hydrogen-bond donors (Lipinski definition) is 2. The van der Waals surface area contributed by atoms with Gasteiger partial charge in [-0.15, -0.1) is 0 Å². The Morgan fingerprint density at radius 2 is 1.96 bits per heavy atom. The first-order chi connectivity index (χ1) is 13.6. The number of anilines is 2. The van der Waals surface area contributed by atoms with Gasteiger partial charge in [-0.1, -0.05) is 12.8 Å². The average molecular weight is 380 g/mol. The van der Waals surface area contributed by atoms with Gasteiger partial charge in [0.15, 0.2) is 5.78 Å². The predicted molar refractivity (Wildman–Crippen MR) is 112 cm³/mol. The maximum Gasteiger partial charge on any atom is 0.187 e. The van der Waals surface area contributed by atoms with Gasteiger partial charge in [-0.3, -0.25) is 9.78 Å². The Labute approximate surface area is 166 Å². The van der Waals surface area contributed by atoms with Crippen LogP contribution in [0.15, 0.2) is 30.6 Å². The highest BCUT2D eigenvalue weighted by atomic mass is 16.1. The minimum atomic E-state index is -0.0482. The summed E-state index contributed by atoms with van der Waals surface area (Å²) in [6.07, 6.45) is 10.7. The molecule has 6 nitrogen and oxygen atoms in total. The number of pyridine rings is 2. The Hall–Kier alpha value is -2.47. The summed E-state index contributed by atoms with van der Waals surface area (Å²) in [6, 6.07) is 5.96.